The van der Waals surface area contributed by atoms with Crippen molar-refractivity contribution in [3.05, 3.63) is 99.3 Å². The van der Waals surface area contributed by atoms with E-state index in [1.165, 1.54) is 5.01 Å². The highest BCUT2D eigenvalue weighted by Gasteiger charge is 2.36. The van der Waals surface area contributed by atoms with Crippen molar-refractivity contribution in [1.82, 2.24) is 9.99 Å². The average Bonchev–Trinajstić information content (AvgIpc) is 3.33. The minimum Gasteiger partial charge on any atom is -0.494 e. The molecule has 0 radical (unpaired) electrons. The molecule has 4 aromatic rings. The number of aromatic nitrogens is 1. The van der Waals surface area contributed by atoms with Crippen molar-refractivity contribution in [2.24, 2.45) is 5.10 Å². The monoisotopic (exact) mass is 499 g/mol. The summed E-state index contributed by atoms with van der Waals surface area (Å²) in [5.74, 6) is 0.590. The van der Waals surface area contributed by atoms with Gasteiger partial charge in [0.15, 0.2) is 0 Å². The molecule has 1 aliphatic heterocycles. The Bertz CT molecular complexity index is 1530. The number of benzene rings is 3. The first-order valence-electron chi connectivity index (χ1n) is 12.0. The highest BCUT2D eigenvalue weighted by atomic mass is 35.5. The number of pyridine rings is 1. The van der Waals surface area contributed by atoms with Gasteiger partial charge in [-0.15, -0.1) is 0 Å². The number of hydrazone groups is 1. The van der Waals surface area contributed by atoms with Crippen LogP contribution in [-0.2, 0) is 4.79 Å². The third-order valence-corrected chi connectivity index (χ3v) is 6.64. The van der Waals surface area contributed by atoms with Gasteiger partial charge in [0, 0.05) is 39.9 Å². The lowest BCUT2D eigenvalue weighted by Gasteiger charge is -2.23. The Morgan fingerprint density at radius 2 is 1.75 bits per heavy atom. The highest BCUT2D eigenvalue weighted by molar-refractivity contribution is 6.30. The van der Waals surface area contributed by atoms with E-state index in [0.717, 1.165) is 27.6 Å². The second kappa shape index (κ2) is 9.99. The van der Waals surface area contributed by atoms with Crippen LogP contribution in [0.1, 0.15) is 43.9 Å². The molecule has 0 fully saturated rings. The van der Waals surface area contributed by atoms with Crippen LogP contribution in [-0.4, -0.2) is 28.2 Å². The molecule has 0 aliphatic carbocycles. The number of halogens is 1. The number of rotatable bonds is 6. The van der Waals surface area contributed by atoms with Crippen LogP contribution in [0.5, 0.6) is 5.75 Å². The SMILES string of the molecule is CCOc1ccccc1[C@@H]1CC(c2c(-c3ccc(Cl)cc3)c3ccccc3[nH]c2=O)=NN1C(=O)CC. The van der Waals surface area contributed by atoms with Crippen molar-refractivity contribution in [3.63, 3.8) is 0 Å². The van der Waals surface area contributed by atoms with E-state index in [-0.39, 0.29) is 17.5 Å². The smallest absolute Gasteiger partial charge is 0.258 e. The lowest BCUT2D eigenvalue weighted by atomic mass is 9.91. The van der Waals surface area contributed by atoms with Crippen LogP contribution < -0.4 is 10.3 Å². The summed E-state index contributed by atoms with van der Waals surface area (Å²) in [6, 6.07) is 22.4. The molecular weight excluding hydrogens is 474 g/mol. The van der Waals surface area contributed by atoms with Crippen LogP contribution in [0, 0.1) is 0 Å². The highest BCUT2D eigenvalue weighted by Crippen LogP contribution is 2.40. The van der Waals surface area contributed by atoms with Gasteiger partial charge in [0.25, 0.3) is 5.56 Å². The Balaban J connectivity index is 1.72. The van der Waals surface area contributed by atoms with E-state index in [1.807, 2.05) is 74.5 Å². The fraction of sp³-hybridized carbons (Fsp3) is 0.207. The van der Waals surface area contributed by atoms with E-state index in [0.29, 0.717) is 41.5 Å². The number of ether oxygens (including phenoxy) is 1. The molecular formula is C29H26ClN3O3. The summed E-state index contributed by atoms with van der Waals surface area (Å²) in [6.07, 6.45) is 0.681. The number of para-hydroxylation sites is 2. The number of nitrogens with one attached hydrogen (secondary N) is 1. The van der Waals surface area contributed by atoms with Crippen molar-refractivity contribution in [1.29, 1.82) is 0 Å². The Kier molecular flexibility index (Phi) is 6.61. The van der Waals surface area contributed by atoms with Crippen molar-refractivity contribution in [2.75, 3.05) is 6.61 Å². The quantitative estimate of drug-likeness (QED) is 0.336. The fourth-order valence-corrected chi connectivity index (χ4v) is 4.90. The van der Waals surface area contributed by atoms with E-state index >= 15 is 0 Å². The van der Waals surface area contributed by atoms with Gasteiger partial charge in [-0.05, 0) is 36.8 Å². The van der Waals surface area contributed by atoms with E-state index in [1.54, 1.807) is 12.1 Å². The largest absolute Gasteiger partial charge is 0.494 e. The fourth-order valence-electron chi connectivity index (χ4n) is 4.77. The summed E-state index contributed by atoms with van der Waals surface area (Å²) in [5.41, 5.74) is 3.99. The molecule has 6 nitrogen and oxygen atoms in total. The molecule has 3 aromatic carbocycles. The summed E-state index contributed by atoms with van der Waals surface area (Å²) in [7, 11) is 0. The number of H-pyrrole nitrogens is 1. The van der Waals surface area contributed by atoms with Gasteiger partial charge >= 0.3 is 0 Å². The molecule has 0 saturated heterocycles. The number of carbonyl (C=O) groups is 1. The molecule has 1 aliphatic rings. The molecule has 182 valence electrons. The molecule has 1 aromatic heterocycles. The molecule has 0 unspecified atom stereocenters. The van der Waals surface area contributed by atoms with Crippen LogP contribution in [0.2, 0.25) is 5.02 Å². The van der Waals surface area contributed by atoms with Gasteiger partial charge in [-0.1, -0.05) is 67.1 Å². The molecule has 5 rings (SSSR count). The molecule has 7 heteroatoms. The third-order valence-electron chi connectivity index (χ3n) is 6.39. The number of amides is 1. The predicted molar refractivity (Wildman–Crippen MR) is 144 cm³/mol. The van der Waals surface area contributed by atoms with Gasteiger partial charge < -0.3 is 9.72 Å². The molecule has 0 spiro atoms. The topological polar surface area (TPSA) is 74.8 Å². The summed E-state index contributed by atoms with van der Waals surface area (Å²) in [4.78, 5) is 29.6. The minimum absolute atomic E-state index is 0.119. The Morgan fingerprint density at radius 1 is 1.03 bits per heavy atom. The molecule has 1 N–H and O–H groups in total. The molecule has 1 atom stereocenters. The number of hydrogen-bond acceptors (Lipinski definition) is 4. The maximum atomic E-state index is 13.5. The summed E-state index contributed by atoms with van der Waals surface area (Å²) >= 11 is 6.17. The van der Waals surface area contributed by atoms with Crippen molar-refractivity contribution in [3.8, 4) is 16.9 Å². The third kappa shape index (κ3) is 4.29. The summed E-state index contributed by atoms with van der Waals surface area (Å²) in [5, 5.41) is 7.77. The molecule has 0 saturated carbocycles. The lowest BCUT2D eigenvalue weighted by Crippen LogP contribution is -2.26. The minimum atomic E-state index is -0.376. The first kappa shape index (κ1) is 23.8. The molecule has 1 amide bonds. The van der Waals surface area contributed by atoms with Gasteiger partial charge in [-0.3, -0.25) is 9.59 Å². The second-order valence-corrected chi connectivity index (χ2v) is 9.02. The normalized spacial score (nSPS) is 15.2. The van der Waals surface area contributed by atoms with Crippen molar-refractivity contribution in [2.45, 2.75) is 32.7 Å². The average molecular weight is 500 g/mol. The van der Waals surface area contributed by atoms with Crippen LogP contribution in [0.15, 0.2) is 82.7 Å². The lowest BCUT2D eigenvalue weighted by molar-refractivity contribution is -0.132. The van der Waals surface area contributed by atoms with Gasteiger partial charge in [0.2, 0.25) is 5.91 Å². The van der Waals surface area contributed by atoms with E-state index in [2.05, 4.69) is 4.98 Å². The Morgan fingerprint density at radius 3 is 2.50 bits per heavy atom. The molecule has 2 heterocycles. The molecule has 0 bridgehead atoms. The Labute approximate surface area is 214 Å². The Hall–Kier alpha value is -3.90. The number of aromatic amines is 1. The maximum Gasteiger partial charge on any atom is 0.258 e. The van der Waals surface area contributed by atoms with Crippen LogP contribution in [0.4, 0.5) is 0 Å². The van der Waals surface area contributed by atoms with Crippen molar-refractivity contribution >= 4 is 34.1 Å². The van der Waals surface area contributed by atoms with Crippen LogP contribution >= 0.6 is 11.6 Å². The summed E-state index contributed by atoms with van der Waals surface area (Å²) < 4.78 is 5.87. The number of fused-ring (bicyclic) bond motifs is 1. The predicted octanol–water partition coefficient (Wildman–Crippen LogP) is 6.33. The number of carbonyl (C=O) groups excluding carboxylic acids is 1. The first-order chi connectivity index (χ1) is 17.5. The van der Waals surface area contributed by atoms with Crippen LogP contribution in [0.25, 0.3) is 22.0 Å². The van der Waals surface area contributed by atoms with Gasteiger partial charge in [0.05, 0.1) is 23.9 Å². The first-order valence-corrected chi connectivity index (χ1v) is 12.4. The zero-order valence-electron chi connectivity index (χ0n) is 20.1. The van der Waals surface area contributed by atoms with Gasteiger partial charge in [-0.25, -0.2) is 5.01 Å². The van der Waals surface area contributed by atoms with E-state index in [9.17, 15) is 9.59 Å². The van der Waals surface area contributed by atoms with Gasteiger partial charge in [-0.2, -0.15) is 5.10 Å². The molecule has 36 heavy (non-hydrogen) atoms. The zero-order valence-corrected chi connectivity index (χ0v) is 20.9. The van der Waals surface area contributed by atoms with Crippen molar-refractivity contribution < 1.29 is 9.53 Å². The van der Waals surface area contributed by atoms with Crippen LogP contribution in [0.3, 0.4) is 0 Å². The van der Waals surface area contributed by atoms with Gasteiger partial charge in [0.1, 0.15) is 5.75 Å². The number of hydrogen-bond donors (Lipinski definition) is 1. The number of nitrogens with zero attached hydrogens (tertiary/aromatic N) is 2. The maximum absolute atomic E-state index is 13.5. The van der Waals surface area contributed by atoms with E-state index in [4.69, 9.17) is 21.4 Å². The van der Waals surface area contributed by atoms with E-state index < -0.39 is 0 Å². The second-order valence-electron chi connectivity index (χ2n) is 8.59. The zero-order chi connectivity index (χ0) is 25.2. The standard InChI is InChI=1S/C29H26ClN3O3/c1-3-26(34)33-24(21-10-6-8-12-25(21)36-4-2)17-23(32-33)28-27(18-13-15-19(30)16-14-18)20-9-5-7-11-22(20)31-29(28)35/h5-16,24H,3-4,17H2,1-2H3,(H,31,35)/t24-/m0/s1. The summed E-state index contributed by atoms with van der Waals surface area (Å²) in [6.45, 7) is 4.24.